The molecule has 0 amide bonds. The van der Waals surface area contributed by atoms with Crippen LogP contribution in [0.4, 0.5) is 0 Å². The van der Waals surface area contributed by atoms with Crippen molar-refractivity contribution in [1.82, 2.24) is 15.1 Å². The summed E-state index contributed by atoms with van der Waals surface area (Å²) in [6.45, 7) is 5.42. The van der Waals surface area contributed by atoms with Crippen LogP contribution in [0, 0.1) is 5.92 Å². The summed E-state index contributed by atoms with van der Waals surface area (Å²) in [4.78, 5) is 8.90. The van der Waals surface area contributed by atoms with Crippen molar-refractivity contribution in [2.45, 2.75) is 19.4 Å². The topological polar surface area (TPSA) is 49.3 Å². The molecular formula is C20H34N4O2. The van der Waals surface area contributed by atoms with Crippen LogP contribution in [0.3, 0.4) is 0 Å². The zero-order valence-corrected chi connectivity index (χ0v) is 16.7. The van der Waals surface area contributed by atoms with Gasteiger partial charge in [0.1, 0.15) is 5.75 Å². The van der Waals surface area contributed by atoms with Crippen molar-refractivity contribution in [3.8, 4) is 5.75 Å². The molecule has 0 bridgehead atoms. The lowest BCUT2D eigenvalue weighted by Gasteiger charge is -2.21. The number of hydrogen-bond acceptors (Lipinski definition) is 4. The fourth-order valence-corrected chi connectivity index (χ4v) is 3.18. The summed E-state index contributed by atoms with van der Waals surface area (Å²) in [5.74, 6) is 2.49. The largest absolute Gasteiger partial charge is 0.494 e. The minimum Gasteiger partial charge on any atom is -0.494 e. The van der Waals surface area contributed by atoms with Crippen LogP contribution in [0.2, 0.25) is 0 Å². The highest BCUT2D eigenvalue weighted by atomic mass is 16.5. The Bertz CT molecular complexity index is 545. The summed E-state index contributed by atoms with van der Waals surface area (Å²) < 4.78 is 11.1. The second-order valence-corrected chi connectivity index (χ2v) is 7.11. The number of nitrogens with zero attached hydrogens (tertiary/aromatic N) is 3. The van der Waals surface area contributed by atoms with Crippen LogP contribution in [-0.2, 0) is 11.3 Å². The summed E-state index contributed by atoms with van der Waals surface area (Å²) in [5, 5.41) is 3.46. The smallest absolute Gasteiger partial charge is 0.193 e. The highest BCUT2D eigenvalue weighted by Crippen LogP contribution is 2.17. The van der Waals surface area contributed by atoms with E-state index in [4.69, 9.17) is 9.47 Å². The first-order valence-electron chi connectivity index (χ1n) is 9.43. The molecular weight excluding hydrogens is 328 g/mol. The molecule has 1 heterocycles. The van der Waals surface area contributed by atoms with Gasteiger partial charge in [0, 0.05) is 46.3 Å². The van der Waals surface area contributed by atoms with Gasteiger partial charge >= 0.3 is 0 Å². The molecule has 6 heteroatoms. The van der Waals surface area contributed by atoms with E-state index in [1.165, 1.54) is 5.56 Å². The Labute approximate surface area is 158 Å². The van der Waals surface area contributed by atoms with Gasteiger partial charge in [-0.3, -0.25) is 4.99 Å². The molecule has 146 valence electrons. The van der Waals surface area contributed by atoms with E-state index in [0.29, 0.717) is 5.92 Å². The quantitative estimate of drug-likeness (QED) is 0.414. The molecule has 6 nitrogen and oxygen atoms in total. The highest BCUT2D eigenvalue weighted by molar-refractivity contribution is 5.80. The number of ether oxygens (including phenoxy) is 2. The second kappa shape index (κ2) is 11.0. The molecule has 1 unspecified atom stereocenters. The van der Waals surface area contributed by atoms with Crippen LogP contribution < -0.4 is 10.1 Å². The van der Waals surface area contributed by atoms with Crippen LogP contribution in [0.5, 0.6) is 5.75 Å². The Kier molecular flexibility index (Phi) is 8.71. The van der Waals surface area contributed by atoms with E-state index in [1.54, 1.807) is 7.11 Å². The molecule has 0 saturated carbocycles. The van der Waals surface area contributed by atoms with Crippen LogP contribution in [-0.4, -0.2) is 76.9 Å². The Balaban J connectivity index is 1.74. The summed E-state index contributed by atoms with van der Waals surface area (Å²) in [5.41, 5.74) is 1.22. The molecule has 0 aromatic heterocycles. The average Bonchev–Trinajstić information content (AvgIpc) is 3.09. The van der Waals surface area contributed by atoms with Gasteiger partial charge < -0.3 is 24.6 Å². The molecule has 1 aromatic carbocycles. The van der Waals surface area contributed by atoms with Gasteiger partial charge in [-0.2, -0.15) is 0 Å². The predicted molar refractivity (Wildman–Crippen MR) is 107 cm³/mol. The molecule has 26 heavy (non-hydrogen) atoms. The maximum absolute atomic E-state index is 5.78. The maximum atomic E-state index is 5.78. The molecule has 0 radical (unpaired) electrons. The number of aliphatic imine (C=N–C) groups is 1. The Morgan fingerprint density at radius 1 is 1.31 bits per heavy atom. The van der Waals surface area contributed by atoms with Crippen molar-refractivity contribution in [2.75, 3.05) is 61.1 Å². The van der Waals surface area contributed by atoms with E-state index in [1.807, 2.05) is 19.2 Å². The zero-order valence-electron chi connectivity index (χ0n) is 16.7. The van der Waals surface area contributed by atoms with E-state index in [9.17, 15) is 0 Å². The second-order valence-electron chi connectivity index (χ2n) is 7.11. The highest BCUT2D eigenvalue weighted by Gasteiger charge is 2.24. The maximum Gasteiger partial charge on any atom is 0.193 e. The fourth-order valence-electron chi connectivity index (χ4n) is 3.18. The molecule has 1 fully saturated rings. The van der Waals surface area contributed by atoms with Gasteiger partial charge in [0.05, 0.1) is 13.2 Å². The van der Waals surface area contributed by atoms with E-state index in [2.05, 4.69) is 46.3 Å². The first-order valence-corrected chi connectivity index (χ1v) is 9.43. The third-order valence-electron chi connectivity index (χ3n) is 4.59. The van der Waals surface area contributed by atoms with Crippen LogP contribution in [0.15, 0.2) is 29.3 Å². The van der Waals surface area contributed by atoms with Gasteiger partial charge in [0.25, 0.3) is 0 Å². The van der Waals surface area contributed by atoms with Gasteiger partial charge in [0.2, 0.25) is 0 Å². The normalized spacial score (nSPS) is 17.8. The number of methoxy groups -OCH3 is 1. The molecule has 0 spiro atoms. The fraction of sp³-hybridized carbons (Fsp3) is 0.650. The van der Waals surface area contributed by atoms with Crippen LogP contribution in [0.1, 0.15) is 18.4 Å². The van der Waals surface area contributed by atoms with Crippen molar-refractivity contribution in [3.63, 3.8) is 0 Å². The monoisotopic (exact) mass is 362 g/mol. The lowest BCUT2D eigenvalue weighted by molar-refractivity contribution is 0.157. The number of benzene rings is 1. The molecule has 1 aliphatic heterocycles. The average molecular weight is 363 g/mol. The van der Waals surface area contributed by atoms with E-state index in [-0.39, 0.29) is 0 Å². The molecule has 1 saturated heterocycles. The van der Waals surface area contributed by atoms with E-state index in [0.717, 1.165) is 63.9 Å². The van der Waals surface area contributed by atoms with Gasteiger partial charge in [-0.15, -0.1) is 0 Å². The summed E-state index contributed by atoms with van der Waals surface area (Å²) >= 11 is 0. The Morgan fingerprint density at radius 2 is 2.08 bits per heavy atom. The van der Waals surface area contributed by atoms with Crippen LogP contribution >= 0.6 is 0 Å². The molecule has 1 atom stereocenters. The minimum atomic E-state index is 0.600. The summed E-state index contributed by atoms with van der Waals surface area (Å²) in [7, 11) is 7.77. The third kappa shape index (κ3) is 6.84. The molecule has 0 aliphatic carbocycles. The number of nitrogens with one attached hydrogen (secondary N) is 1. The lowest BCUT2D eigenvalue weighted by atomic mass is 10.1. The first-order chi connectivity index (χ1) is 12.6. The van der Waals surface area contributed by atoms with Gasteiger partial charge in [-0.05, 0) is 44.6 Å². The number of hydrogen-bond donors (Lipinski definition) is 1. The van der Waals surface area contributed by atoms with Gasteiger partial charge in [0.15, 0.2) is 5.96 Å². The van der Waals surface area contributed by atoms with Crippen molar-refractivity contribution in [1.29, 1.82) is 0 Å². The van der Waals surface area contributed by atoms with Crippen molar-refractivity contribution in [3.05, 3.63) is 29.8 Å². The lowest BCUT2D eigenvalue weighted by Crippen LogP contribution is -2.39. The SMILES string of the molecule is CN=C(NCc1ccc(OCCCN(C)C)cc1)N1CCC(COC)C1. The standard InChI is InChI=1S/C20H34N4O2/c1-21-20(24-12-10-18(15-24)16-25-4)22-14-17-6-8-19(9-7-17)26-13-5-11-23(2)3/h6-9,18H,5,10-16H2,1-4H3,(H,21,22). The van der Waals surface area contributed by atoms with Crippen molar-refractivity contribution < 1.29 is 9.47 Å². The molecule has 2 rings (SSSR count). The van der Waals surface area contributed by atoms with E-state index < -0.39 is 0 Å². The van der Waals surface area contributed by atoms with E-state index >= 15 is 0 Å². The number of guanidine groups is 1. The first kappa shape index (κ1) is 20.5. The predicted octanol–water partition coefficient (Wildman–Crippen LogP) is 2.06. The Hall–Kier alpha value is -1.79. The zero-order chi connectivity index (χ0) is 18.8. The van der Waals surface area contributed by atoms with Crippen molar-refractivity contribution >= 4 is 5.96 Å². The molecule has 1 aromatic rings. The molecule has 1 N–H and O–H groups in total. The summed E-state index contributed by atoms with van der Waals surface area (Å²) in [6, 6.07) is 8.30. The number of rotatable bonds is 9. The van der Waals surface area contributed by atoms with Gasteiger partial charge in [-0.25, -0.2) is 0 Å². The minimum absolute atomic E-state index is 0.600. The number of likely N-dealkylation sites (tertiary alicyclic amines) is 1. The third-order valence-corrected chi connectivity index (χ3v) is 4.59. The Morgan fingerprint density at radius 3 is 2.73 bits per heavy atom. The van der Waals surface area contributed by atoms with Gasteiger partial charge in [-0.1, -0.05) is 12.1 Å². The van der Waals surface area contributed by atoms with Crippen molar-refractivity contribution in [2.24, 2.45) is 10.9 Å². The summed E-state index contributed by atoms with van der Waals surface area (Å²) in [6.07, 6.45) is 2.20. The van der Waals surface area contributed by atoms with Crippen LogP contribution in [0.25, 0.3) is 0 Å². The molecule has 1 aliphatic rings.